The predicted octanol–water partition coefficient (Wildman–Crippen LogP) is 6.57. The van der Waals surface area contributed by atoms with Gasteiger partial charge in [-0.25, -0.2) is 0 Å². The van der Waals surface area contributed by atoms with Crippen LogP contribution in [0.4, 0.5) is 0 Å². The van der Waals surface area contributed by atoms with Crippen molar-refractivity contribution in [2.75, 3.05) is 13.7 Å². The molecule has 0 saturated heterocycles. The second-order valence-corrected chi connectivity index (χ2v) is 12.4. The van der Waals surface area contributed by atoms with Gasteiger partial charge in [0.1, 0.15) is 8.07 Å². The molecule has 2 heteroatoms. The summed E-state index contributed by atoms with van der Waals surface area (Å²) in [6, 6.07) is 33.0. The van der Waals surface area contributed by atoms with Crippen LogP contribution in [0.15, 0.2) is 91.0 Å². The first-order valence-corrected chi connectivity index (χ1v) is 13.5. The summed E-state index contributed by atoms with van der Waals surface area (Å²) >= 11 is 0. The van der Waals surface area contributed by atoms with Crippen LogP contribution in [0.3, 0.4) is 0 Å². The number of methoxy groups -OCH3 is 1. The molecule has 0 N–H and O–H groups in total. The first-order valence-electron chi connectivity index (χ1n) is 10.5. The number of allylic oxidation sites excluding steroid dienone is 1. The normalized spacial score (nSPS) is 12.5. The zero-order valence-electron chi connectivity index (χ0n) is 17.9. The Bertz CT molecular complexity index is 899. The molecule has 29 heavy (non-hydrogen) atoms. The van der Waals surface area contributed by atoms with E-state index in [4.69, 9.17) is 4.74 Å². The van der Waals surface area contributed by atoms with Gasteiger partial charge in [0, 0.05) is 13.7 Å². The van der Waals surface area contributed by atoms with E-state index >= 15 is 0 Å². The van der Waals surface area contributed by atoms with Crippen LogP contribution < -0.4 is 5.19 Å². The quantitative estimate of drug-likeness (QED) is 0.224. The van der Waals surface area contributed by atoms with Gasteiger partial charge in [-0.05, 0) is 41.2 Å². The lowest BCUT2D eigenvalue weighted by Crippen LogP contribution is -2.43. The van der Waals surface area contributed by atoms with E-state index in [-0.39, 0.29) is 0 Å². The lowest BCUT2D eigenvalue weighted by atomic mass is 9.97. The summed E-state index contributed by atoms with van der Waals surface area (Å²) in [5, 5.41) is 3.03. The van der Waals surface area contributed by atoms with E-state index in [1.165, 1.54) is 21.9 Å². The number of rotatable bonds is 9. The number of hydrogen-bond acceptors (Lipinski definition) is 1. The molecule has 0 bridgehead atoms. The second-order valence-electron chi connectivity index (χ2n) is 8.03. The second kappa shape index (κ2) is 10.4. The Morgan fingerprint density at radius 2 is 1.21 bits per heavy atom. The molecular weight excluding hydrogens is 368 g/mol. The molecule has 0 unspecified atom stereocenters. The summed E-state index contributed by atoms with van der Waals surface area (Å²) in [6.45, 7) is 5.80. The standard InChI is InChI=1S/C27H32OSi/c1-28-22-14-13-21-26(23-15-7-4-8-16-23)27(24-17-9-5-10-18-24)29(2,3)25-19-11-6-12-20-25/h4-12,15-20H,13-14,21-22H2,1-3H3/b27-26+. The van der Waals surface area contributed by atoms with Gasteiger partial charge in [-0.2, -0.15) is 0 Å². The van der Waals surface area contributed by atoms with Gasteiger partial charge in [0.2, 0.25) is 0 Å². The van der Waals surface area contributed by atoms with E-state index in [0.717, 1.165) is 25.9 Å². The molecule has 150 valence electrons. The Balaban J connectivity index is 2.19. The van der Waals surface area contributed by atoms with Crippen molar-refractivity contribution >= 4 is 24.0 Å². The fourth-order valence-electron chi connectivity index (χ4n) is 4.12. The van der Waals surface area contributed by atoms with Gasteiger partial charge in [0.15, 0.2) is 0 Å². The number of ether oxygens (including phenoxy) is 1. The Kier molecular flexibility index (Phi) is 7.62. The Labute approximate surface area is 177 Å². The van der Waals surface area contributed by atoms with Crippen molar-refractivity contribution in [3.05, 3.63) is 102 Å². The van der Waals surface area contributed by atoms with Crippen LogP contribution in [-0.4, -0.2) is 21.8 Å². The van der Waals surface area contributed by atoms with Gasteiger partial charge >= 0.3 is 0 Å². The van der Waals surface area contributed by atoms with E-state index in [1.807, 2.05) is 0 Å². The van der Waals surface area contributed by atoms with Crippen LogP contribution in [0.2, 0.25) is 13.1 Å². The third kappa shape index (κ3) is 5.34. The molecule has 0 spiro atoms. The average molecular weight is 401 g/mol. The monoisotopic (exact) mass is 400 g/mol. The predicted molar refractivity (Wildman–Crippen MR) is 129 cm³/mol. The number of unbranched alkanes of at least 4 members (excludes halogenated alkanes) is 1. The van der Waals surface area contributed by atoms with Gasteiger partial charge in [0.05, 0.1) is 0 Å². The number of hydrogen-bond donors (Lipinski definition) is 0. The summed E-state index contributed by atoms with van der Waals surface area (Å²) in [4.78, 5) is 0. The van der Waals surface area contributed by atoms with E-state index in [2.05, 4.69) is 104 Å². The molecule has 3 aromatic carbocycles. The van der Waals surface area contributed by atoms with Crippen molar-refractivity contribution in [2.24, 2.45) is 0 Å². The lowest BCUT2D eigenvalue weighted by Gasteiger charge is -2.31. The maximum absolute atomic E-state index is 5.30. The fraction of sp³-hybridized carbons (Fsp3) is 0.259. The van der Waals surface area contributed by atoms with E-state index in [9.17, 15) is 0 Å². The minimum absolute atomic E-state index is 0.822. The molecule has 0 aromatic heterocycles. The summed E-state index contributed by atoms with van der Waals surface area (Å²) in [5.74, 6) is 0. The molecular formula is C27H32OSi. The highest BCUT2D eigenvalue weighted by molar-refractivity contribution is 7.05. The van der Waals surface area contributed by atoms with Crippen molar-refractivity contribution in [2.45, 2.75) is 32.4 Å². The third-order valence-corrected chi connectivity index (χ3v) is 9.25. The van der Waals surface area contributed by atoms with E-state index in [0.29, 0.717) is 0 Å². The van der Waals surface area contributed by atoms with Gasteiger partial charge in [-0.1, -0.05) is 109 Å². The van der Waals surface area contributed by atoms with Crippen LogP contribution in [0.1, 0.15) is 30.4 Å². The van der Waals surface area contributed by atoms with E-state index in [1.54, 1.807) is 12.3 Å². The van der Waals surface area contributed by atoms with Crippen LogP contribution in [0.5, 0.6) is 0 Å². The molecule has 0 radical (unpaired) electrons. The summed E-state index contributed by atoms with van der Waals surface area (Å²) in [6.07, 6.45) is 3.29. The van der Waals surface area contributed by atoms with Crippen LogP contribution in [-0.2, 0) is 4.74 Å². The highest BCUT2D eigenvalue weighted by atomic mass is 28.3. The Hall–Kier alpha value is -2.42. The van der Waals surface area contributed by atoms with Gasteiger partial charge in [0.25, 0.3) is 0 Å². The van der Waals surface area contributed by atoms with Crippen molar-refractivity contribution in [1.82, 2.24) is 0 Å². The van der Waals surface area contributed by atoms with Crippen LogP contribution >= 0.6 is 0 Å². The molecule has 0 amide bonds. The average Bonchev–Trinajstić information content (AvgIpc) is 2.77. The molecule has 0 aliphatic carbocycles. The lowest BCUT2D eigenvalue weighted by molar-refractivity contribution is 0.193. The summed E-state index contributed by atoms with van der Waals surface area (Å²) < 4.78 is 5.30. The zero-order valence-corrected chi connectivity index (χ0v) is 18.9. The van der Waals surface area contributed by atoms with E-state index < -0.39 is 8.07 Å². The highest BCUT2D eigenvalue weighted by Crippen LogP contribution is 2.36. The first kappa shape index (κ1) is 21.3. The molecule has 1 nitrogen and oxygen atoms in total. The third-order valence-electron chi connectivity index (χ3n) is 5.63. The first-order chi connectivity index (χ1) is 14.1. The molecule has 3 aromatic rings. The minimum atomic E-state index is -1.92. The van der Waals surface area contributed by atoms with Crippen molar-refractivity contribution < 1.29 is 4.74 Å². The minimum Gasteiger partial charge on any atom is -0.385 e. The smallest absolute Gasteiger partial charge is 0.113 e. The number of benzene rings is 3. The summed E-state index contributed by atoms with van der Waals surface area (Å²) in [5.41, 5.74) is 4.20. The topological polar surface area (TPSA) is 9.23 Å². The highest BCUT2D eigenvalue weighted by Gasteiger charge is 2.32. The van der Waals surface area contributed by atoms with Crippen LogP contribution in [0, 0.1) is 0 Å². The van der Waals surface area contributed by atoms with Crippen molar-refractivity contribution in [3.63, 3.8) is 0 Å². The molecule has 0 fully saturated rings. The maximum atomic E-state index is 5.30. The molecule has 0 saturated carbocycles. The Morgan fingerprint density at radius 1 is 0.690 bits per heavy atom. The molecule has 0 aliphatic heterocycles. The van der Waals surface area contributed by atoms with Gasteiger partial charge in [-0.15, -0.1) is 0 Å². The van der Waals surface area contributed by atoms with Gasteiger partial charge < -0.3 is 4.74 Å². The van der Waals surface area contributed by atoms with Crippen LogP contribution in [0.25, 0.3) is 10.8 Å². The largest absolute Gasteiger partial charge is 0.385 e. The molecule has 3 rings (SSSR count). The Morgan fingerprint density at radius 3 is 1.76 bits per heavy atom. The summed E-state index contributed by atoms with van der Waals surface area (Å²) in [7, 11) is -0.129. The molecule has 0 aliphatic rings. The van der Waals surface area contributed by atoms with Gasteiger partial charge in [-0.3, -0.25) is 0 Å². The fourth-order valence-corrected chi connectivity index (χ4v) is 7.34. The zero-order chi connectivity index (χ0) is 20.5. The SMILES string of the molecule is COCCCC/C(=C(/c1ccccc1)[Si](C)(C)c1ccccc1)c1ccccc1. The molecule has 0 atom stereocenters. The maximum Gasteiger partial charge on any atom is 0.113 e. The molecule has 0 heterocycles. The van der Waals surface area contributed by atoms with Crippen molar-refractivity contribution in [1.29, 1.82) is 0 Å². The van der Waals surface area contributed by atoms with Crippen molar-refractivity contribution in [3.8, 4) is 0 Å².